The van der Waals surface area contributed by atoms with Crippen LogP contribution >= 0.6 is 0 Å². The number of nitrogens with zero attached hydrogens (tertiary/aromatic N) is 1. The van der Waals surface area contributed by atoms with E-state index in [9.17, 15) is 13.2 Å². The van der Waals surface area contributed by atoms with Crippen LogP contribution in [0.4, 0.5) is 0 Å². The Bertz CT molecular complexity index is 217. The van der Waals surface area contributed by atoms with Crippen LogP contribution in [0, 0.1) is 0 Å². The first-order valence-corrected chi connectivity index (χ1v) is 3.91. The van der Waals surface area contributed by atoms with Crippen LogP contribution in [0.25, 0.3) is 0 Å². The quantitative estimate of drug-likeness (QED) is 0.271. The van der Waals surface area contributed by atoms with E-state index in [2.05, 4.69) is 4.40 Å². The van der Waals surface area contributed by atoms with Crippen LogP contribution in [0.3, 0.4) is 0 Å². The van der Waals surface area contributed by atoms with Crippen molar-refractivity contribution in [3.05, 3.63) is 0 Å². The van der Waals surface area contributed by atoms with Crippen LogP contribution < -0.4 is 0 Å². The van der Waals surface area contributed by atoms with Gasteiger partial charge in [0.25, 0.3) is 0 Å². The topological polar surface area (TPSA) is 83.8 Å². The molecule has 0 heterocycles. The molecule has 0 amide bonds. The summed E-state index contributed by atoms with van der Waals surface area (Å²) in [5.74, 6) is 0. The molecule has 0 bridgehead atoms. The fourth-order valence-electron chi connectivity index (χ4n) is 0.289. The Morgan fingerprint density at radius 1 is 1.40 bits per heavy atom. The number of carbonyl (C=O) groups is 1. The third-order valence-corrected chi connectivity index (χ3v) is 1.04. The molecule has 0 aromatic rings. The number of carbonyl (C=O) groups excluding carboxylic acids is 1. The van der Waals surface area contributed by atoms with E-state index in [1.807, 2.05) is 0 Å². The van der Waals surface area contributed by atoms with E-state index in [1.54, 1.807) is 0 Å². The maximum atomic E-state index is 9.86. The van der Waals surface area contributed by atoms with E-state index in [0.717, 1.165) is 6.21 Å². The molecule has 1 N–H and O–H groups in total. The van der Waals surface area contributed by atoms with Crippen molar-refractivity contribution >= 4 is 22.8 Å². The summed E-state index contributed by atoms with van der Waals surface area (Å²) >= 11 is 0. The van der Waals surface area contributed by atoms with Gasteiger partial charge in [0.05, 0.1) is 0 Å². The van der Waals surface area contributed by atoms with Crippen LogP contribution in [0.15, 0.2) is 4.40 Å². The lowest BCUT2D eigenvalue weighted by molar-refractivity contribution is -0.107. The van der Waals surface area contributed by atoms with Crippen molar-refractivity contribution in [3.63, 3.8) is 0 Å². The highest BCUT2D eigenvalue weighted by Crippen LogP contribution is 1.84. The first kappa shape index (κ1) is 9.25. The third-order valence-electron chi connectivity index (χ3n) is 0.621. The van der Waals surface area contributed by atoms with Gasteiger partial charge >= 0.3 is 10.3 Å². The van der Waals surface area contributed by atoms with Crippen LogP contribution in [-0.2, 0) is 15.1 Å². The normalized spacial score (nSPS) is 12.1. The highest BCUT2D eigenvalue weighted by molar-refractivity contribution is 7.84. The summed E-state index contributed by atoms with van der Waals surface area (Å²) in [5.41, 5.74) is 0. The van der Waals surface area contributed by atoms with Crippen LogP contribution in [0.5, 0.6) is 0 Å². The number of hydrogen-bond acceptors (Lipinski definition) is 3. The second kappa shape index (κ2) is 4.13. The van der Waals surface area contributed by atoms with Gasteiger partial charge < -0.3 is 4.79 Å². The summed E-state index contributed by atoms with van der Waals surface area (Å²) in [6, 6.07) is 0. The Labute approximate surface area is 58.7 Å². The molecule has 0 rings (SSSR count). The van der Waals surface area contributed by atoms with Gasteiger partial charge in [-0.1, -0.05) is 0 Å². The van der Waals surface area contributed by atoms with E-state index in [4.69, 9.17) is 4.55 Å². The van der Waals surface area contributed by atoms with Crippen molar-refractivity contribution in [1.82, 2.24) is 0 Å². The highest BCUT2D eigenvalue weighted by atomic mass is 32.2. The molecule has 0 aliphatic carbocycles. The minimum Gasteiger partial charge on any atom is -0.303 e. The Morgan fingerprint density at radius 3 is 2.40 bits per heavy atom. The molecule has 10 heavy (non-hydrogen) atoms. The maximum Gasteiger partial charge on any atom is 0.378 e. The zero-order valence-electron chi connectivity index (χ0n) is 5.10. The molecule has 0 saturated heterocycles. The summed E-state index contributed by atoms with van der Waals surface area (Å²) < 4.78 is 30.5. The van der Waals surface area contributed by atoms with Gasteiger partial charge in [0.15, 0.2) is 0 Å². The van der Waals surface area contributed by atoms with Crippen LogP contribution in [-0.4, -0.2) is 25.5 Å². The molecule has 0 spiro atoms. The Kier molecular flexibility index (Phi) is 3.82. The van der Waals surface area contributed by atoms with Gasteiger partial charge in [0.2, 0.25) is 0 Å². The molecule has 0 unspecified atom stereocenters. The molecular weight excluding hydrogens is 158 g/mol. The molecule has 0 aromatic heterocycles. The van der Waals surface area contributed by atoms with E-state index >= 15 is 0 Å². The van der Waals surface area contributed by atoms with Crippen molar-refractivity contribution in [2.75, 3.05) is 0 Å². The van der Waals surface area contributed by atoms with Crippen molar-refractivity contribution in [2.24, 2.45) is 4.40 Å². The van der Waals surface area contributed by atoms with E-state index < -0.39 is 10.3 Å². The largest absolute Gasteiger partial charge is 0.378 e. The van der Waals surface area contributed by atoms with Gasteiger partial charge in [0, 0.05) is 12.6 Å². The molecule has 0 aliphatic heterocycles. The van der Waals surface area contributed by atoms with E-state index in [0.29, 0.717) is 6.29 Å². The lowest BCUT2D eigenvalue weighted by Gasteiger charge is -1.82. The molecule has 6 heteroatoms. The SMILES string of the molecule is O=CCCC=NS(=O)(=O)O. The third kappa shape index (κ3) is 7.25. The summed E-state index contributed by atoms with van der Waals surface area (Å²) in [6.07, 6.45) is 2.04. The lowest BCUT2D eigenvalue weighted by Crippen LogP contribution is -1.91. The average molecular weight is 165 g/mol. The van der Waals surface area contributed by atoms with Crippen molar-refractivity contribution in [3.8, 4) is 0 Å². The second-order valence-electron chi connectivity index (χ2n) is 1.48. The van der Waals surface area contributed by atoms with Gasteiger partial charge in [-0.15, -0.1) is 0 Å². The summed E-state index contributed by atoms with van der Waals surface area (Å²) in [5, 5.41) is 0. The first-order valence-electron chi connectivity index (χ1n) is 2.51. The van der Waals surface area contributed by atoms with E-state index in [-0.39, 0.29) is 12.8 Å². The Morgan fingerprint density at radius 2 is 2.00 bits per heavy atom. The minimum atomic E-state index is -4.25. The van der Waals surface area contributed by atoms with Crippen LogP contribution in [0.2, 0.25) is 0 Å². The first-order chi connectivity index (χ1) is 4.56. The van der Waals surface area contributed by atoms with Gasteiger partial charge in [-0.25, -0.2) is 0 Å². The summed E-state index contributed by atoms with van der Waals surface area (Å²) in [7, 11) is -4.25. The molecule has 0 fully saturated rings. The minimum absolute atomic E-state index is 0.207. The number of hydrogen-bond donors (Lipinski definition) is 1. The highest BCUT2D eigenvalue weighted by Gasteiger charge is 1.93. The predicted molar refractivity (Wildman–Crippen MR) is 35.3 cm³/mol. The predicted octanol–water partition coefficient (Wildman–Crippen LogP) is -0.161. The molecule has 58 valence electrons. The standard InChI is InChI=1S/C4H7NO4S/c6-4-2-1-3-5-10(7,8)9/h3-4H,1-2H2,(H,7,8,9). The van der Waals surface area contributed by atoms with Gasteiger partial charge in [0.1, 0.15) is 6.29 Å². The molecule has 0 atom stereocenters. The smallest absolute Gasteiger partial charge is 0.303 e. The fourth-order valence-corrected chi connectivity index (χ4v) is 0.583. The average Bonchev–Trinajstić information content (AvgIpc) is 1.78. The zero-order valence-corrected chi connectivity index (χ0v) is 5.91. The molecule has 0 radical (unpaired) electrons. The molecular formula is C4H7NO4S. The molecule has 0 aromatic carbocycles. The number of rotatable bonds is 4. The number of unbranched alkanes of at least 4 members (excludes halogenated alkanes) is 1. The fraction of sp³-hybridized carbons (Fsp3) is 0.500. The molecule has 0 aliphatic rings. The van der Waals surface area contributed by atoms with Crippen molar-refractivity contribution < 1.29 is 17.8 Å². The Balaban J connectivity index is 3.68. The molecule has 5 nitrogen and oxygen atoms in total. The van der Waals surface area contributed by atoms with Gasteiger partial charge in [-0.05, 0) is 6.42 Å². The lowest BCUT2D eigenvalue weighted by atomic mass is 10.4. The van der Waals surface area contributed by atoms with Crippen molar-refractivity contribution in [1.29, 1.82) is 0 Å². The summed E-state index contributed by atoms with van der Waals surface area (Å²) in [4.78, 5) is 9.66. The maximum absolute atomic E-state index is 9.86. The van der Waals surface area contributed by atoms with Crippen molar-refractivity contribution in [2.45, 2.75) is 12.8 Å². The van der Waals surface area contributed by atoms with Gasteiger partial charge in [-0.2, -0.15) is 12.8 Å². The second-order valence-corrected chi connectivity index (χ2v) is 2.59. The monoisotopic (exact) mass is 165 g/mol. The number of aldehydes is 1. The van der Waals surface area contributed by atoms with E-state index in [1.165, 1.54) is 0 Å². The Hall–Kier alpha value is -0.750. The molecule has 0 saturated carbocycles. The van der Waals surface area contributed by atoms with Gasteiger partial charge in [-0.3, -0.25) is 4.55 Å². The van der Waals surface area contributed by atoms with Crippen LogP contribution in [0.1, 0.15) is 12.8 Å². The summed E-state index contributed by atoms with van der Waals surface area (Å²) in [6.45, 7) is 0. The zero-order chi connectivity index (χ0) is 8.04.